The van der Waals surface area contributed by atoms with Crippen LogP contribution in [0.1, 0.15) is 22.3 Å². The maximum atomic E-state index is 7.80. The summed E-state index contributed by atoms with van der Waals surface area (Å²) in [5.41, 5.74) is 22.2. The van der Waals surface area contributed by atoms with Gasteiger partial charge in [-0.15, -0.1) is 0 Å². The lowest BCUT2D eigenvalue weighted by atomic mass is 9.67. The molecule has 0 saturated carbocycles. The number of fused-ring (bicyclic) bond motifs is 7. The molecule has 0 radical (unpaired) electrons. The lowest BCUT2D eigenvalue weighted by molar-refractivity contribution is 0.669. The number of anilines is 9. The highest BCUT2D eigenvalue weighted by Crippen LogP contribution is 2.61. The number of para-hydroxylation sites is 3. The molecule has 0 N–H and O–H groups in total. The predicted molar refractivity (Wildman–Crippen MR) is 415 cm³/mol. The highest BCUT2D eigenvalue weighted by atomic mass is 28.3. The molecule has 464 valence electrons. The Balaban J connectivity index is 0.987. The quantitative estimate of drug-likeness (QED) is 0.0900. The summed E-state index contributed by atoms with van der Waals surface area (Å²) in [7, 11) is -4.69. The van der Waals surface area contributed by atoms with E-state index in [0.29, 0.717) is 0 Å². The van der Waals surface area contributed by atoms with Crippen molar-refractivity contribution in [2.75, 3.05) is 14.7 Å². The van der Waals surface area contributed by atoms with Crippen molar-refractivity contribution in [3.8, 4) is 33.4 Å². The molecular weight excluding hydrogens is 1200 g/mol. The Kier molecular flexibility index (Phi) is 15.5. The maximum absolute atomic E-state index is 7.80. The fourth-order valence-electron chi connectivity index (χ4n) is 14.5. The monoisotopic (exact) mass is 1280 g/mol. The van der Waals surface area contributed by atoms with Gasteiger partial charge in [-0.3, -0.25) is 0 Å². The molecule has 0 atom stereocenters. The van der Waals surface area contributed by atoms with Crippen LogP contribution in [0.5, 0.6) is 0 Å². The first kappa shape index (κ1) is 60.9. The highest BCUT2D eigenvalue weighted by molar-refractivity contribution is 6.89. The Bertz CT molecular complexity index is 5050. The third kappa shape index (κ3) is 11.2. The lowest BCUT2D eigenvalue weighted by Crippen LogP contribution is -2.37. The molecule has 14 aromatic rings. The summed E-state index contributed by atoms with van der Waals surface area (Å²) >= 11 is 0. The smallest absolute Gasteiger partial charge is 0.144 e. The van der Waals surface area contributed by atoms with Crippen molar-refractivity contribution < 1.29 is 4.42 Å². The molecule has 95 heavy (non-hydrogen) atoms. The van der Waals surface area contributed by atoms with E-state index in [1.54, 1.807) is 0 Å². The average Bonchev–Trinajstić information content (AvgIpc) is 1.52. The van der Waals surface area contributed by atoms with E-state index in [4.69, 9.17) is 4.42 Å². The van der Waals surface area contributed by atoms with Crippen molar-refractivity contribution in [2.24, 2.45) is 0 Å². The van der Waals surface area contributed by atoms with E-state index in [9.17, 15) is 0 Å². The number of benzene rings is 13. The summed E-state index contributed by atoms with van der Waals surface area (Å²) in [6.07, 6.45) is 0. The molecule has 4 nitrogen and oxygen atoms in total. The molecule has 0 fully saturated rings. The lowest BCUT2D eigenvalue weighted by Gasteiger charge is -2.34. The van der Waals surface area contributed by atoms with Crippen molar-refractivity contribution in [1.82, 2.24) is 0 Å². The van der Waals surface area contributed by atoms with Gasteiger partial charge in [-0.2, -0.15) is 0 Å². The van der Waals surface area contributed by atoms with Crippen LogP contribution in [0.25, 0.3) is 55.3 Å². The second kappa shape index (κ2) is 24.2. The molecular formula is C88H79N3OSi3. The third-order valence-corrected chi connectivity index (χ3v) is 25.6. The molecule has 1 aliphatic rings. The summed E-state index contributed by atoms with van der Waals surface area (Å²) < 4.78 is 7.80. The van der Waals surface area contributed by atoms with Crippen LogP contribution in [0.3, 0.4) is 0 Å². The molecule has 7 heteroatoms. The summed E-state index contributed by atoms with van der Waals surface area (Å²) in [6, 6.07) is 118. The van der Waals surface area contributed by atoms with E-state index in [1.807, 2.05) is 0 Å². The maximum Gasteiger partial charge on any atom is 0.144 e. The number of hydrogen-bond acceptors (Lipinski definition) is 4. The Morgan fingerprint density at radius 1 is 0.274 bits per heavy atom. The van der Waals surface area contributed by atoms with Gasteiger partial charge in [0.05, 0.1) is 29.6 Å². The third-order valence-electron chi connectivity index (χ3n) is 19.4. The van der Waals surface area contributed by atoms with E-state index >= 15 is 0 Å². The Hall–Kier alpha value is -10.3. The summed E-state index contributed by atoms with van der Waals surface area (Å²) in [5.74, 6) is 0. The molecule has 1 aliphatic carbocycles. The van der Waals surface area contributed by atoms with Crippen molar-refractivity contribution >= 4 is 113 Å². The second-order valence-electron chi connectivity index (χ2n) is 28.6. The van der Waals surface area contributed by atoms with Crippen LogP contribution >= 0.6 is 0 Å². The van der Waals surface area contributed by atoms with E-state index < -0.39 is 29.6 Å². The van der Waals surface area contributed by atoms with Crippen LogP contribution < -0.4 is 30.3 Å². The van der Waals surface area contributed by atoms with E-state index in [0.717, 1.165) is 107 Å². The number of hydrogen-bond donors (Lipinski definition) is 0. The first-order chi connectivity index (χ1) is 46.0. The fraction of sp³-hybridized carbons (Fsp3) is 0.114. The molecule has 0 bridgehead atoms. The van der Waals surface area contributed by atoms with Crippen LogP contribution in [0.4, 0.5) is 51.2 Å². The van der Waals surface area contributed by atoms with Gasteiger partial charge in [-0.05, 0) is 171 Å². The molecule has 0 amide bonds. The zero-order valence-electron chi connectivity index (χ0n) is 55.8. The van der Waals surface area contributed by atoms with Gasteiger partial charge in [0.15, 0.2) is 0 Å². The van der Waals surface area contributed by atoms with Crippen LogP contribution in [0.2, 0.25) is 58.9 Å². The topological polar surface area (TPSA) is 22.9 Å². The summed E-state index contributed by atoms with van der Waals surface area (Å²) in [4.78, 5) is 7.17. The van der Waals surface area contributed by atoms with Crippen LogP contribution in [-0.2, 0) is 5.41 Å². The van der Waals surface area contributed by atoms with Gasteiger partial charge in [-0.25, -0.2) is 0 Å². The SMILES string of the molecule is C[Si](C)(C)c1ccc(N(c2ccccc2)c2cccc(-c3ccc4c(c3)C(c3ccccc3)(c3ccccc3)c3cc(-c5cccc(N(c6ccccc6)c6ccc([Si](C)(C)C)cc6)c5)c5c(oc6cc(N(c7ccccc7)c7ccc([Si](C)(C)C)cc7)ccc65)c3-4)c2)cc1. The Morgan fingerprint density at radius 2 is 0.632 bits per heavy atom. The standard InChI is InChI=1S/C88H79N3OSi3/c1-93(2,3)76-49-42-70(43-50-76)89(67-33-19-12-20-34-67)73-39-25-27-62(57-73)63-41-55-79-82(59-63)88(65-29-15-10-16-30-65,66-31-17-11-18-32-66)83-61-81(64-28-26-40-74(58-64)90(68-35-21-13-22-36-68)71-44-51-77(52-45-71)94(4,5)6)85-80-56-48-75(60-84(80)92-87(85)86(79)83)91(69-37-23-14-24-38-69)72-46-53-78(54-47-72)95(7,8)9/h10-61H,1-9H3. The zero-order valence-corrected chi connectivity index (χ0v) is 58.8. The highest BCUT2D eigenvalue weighted by Gasteiger charge is 2.48. The van der Waals surface area contributed by atoms with E-state index in [-0.39, 0.29) is 0 Å². The van der Waals surface area contributed by atoms with Crippen LogP contribution in [0.15, 0.2) is 320 Å². The van der Waals surface area contributed by atoms with Gasteiger partial charge in [0.1, 0.15) is 11.2 Å². The van der Waals surface area contributed by atoms with Gasteiger partial charge in [0.25, 0.3) is 0 Å². The first-order valence-corrected chi connectivity index (χ1v) is 43.9. The minimum absolute atomic E-state index is 0.792. The van der Waals surface area contributed by atoms with Crippen molar-refractivity contribution in [2.45, 2.75) is 64.3 Å². The molecule has 13 aromatic carbocycles. The van der Waals surface area contributed by atoms with Crippen LogP contribution in [0, 0.1) is 0 Å². The minimum Gasteiger partial charge on any atom is -0.455 e. The molecule has 1 aromatic heterocycles. The van der Waals surface area contributed by atoms with Gasteiger partial charge >= 0.3 is 0 Å². The minimum atomic E-state index is -1.58. The zero-order chi connectivity index (χ0) is 65.2. The average molecular weight is 1280 g/mol. The van der Waals surface area contributed by atoms with Crippen LogP contribution in [-0.4, -0.2) is 24.2 Å². The first-order valence-electron chi connectivity index (χ1n) is 33.4. The Morgan fingerprint density at radius 3 is 1.06 bits per heavy atom. The molecule has 0 spiro atoms. The van der Waals surface area contributed by atoms with Gasteiger partial charge in [-0.1, -0.05) is 263 Å². The molecule has 0 unspecified atom stereocenters. The van der Waals surface area contributed by atoms with E-state index in [2.05, 4.69) is 389 Å². The van der Waals surface area contributed by atoms with Gasteiger partial charge < -0.3 is 19.1 Å². The molecule has 0 saturated heterocycles. The fourth-order valence-corrected chi connectivity index (χ4v) is 18.0. The van der Waals surface area contributed by atoms with E-state index in [1.165, 1.54) is 37.8 Å². The molecule has 1 heterocycles. The number of nitrogens with zero attached hydrogens (tertiary/aromatic N) is 3. The summed E-state index contributed by atoms with van der Waals surface area (Å²) in [5, 5.41) is 6.44. The molecule has 0 aliphatic heterocycles. The normalized spacial score (nSPS) is 12.8. The number of furan rings is 1. The van der Waals surface area contributed by atoms with Gasteiger partial charge in [0, 0.05) is 73.6 Å². The molecule has 15 rings (SSSR count). The van der Waals surface area contributed by atoms with Crippen molar-refractivity contribution in [1.29, 1.82) is 0 Å². The van der Waals surface area contributed by atoms with Crippen molar-refractivity contribution in [3.63, 3.8) is 0 Å². The summed E-state index contributed by atoms with van der Waals surface area (Å²) in [6.45, 7) is 21.7. The number of rotatable bonds is 16. The largest absolute Gasteiger partial charge is 0.455 e. The predicted octanol–water partition coefficient (Wildman–Crippen LogP) is 23.3. The Labute approximate surface area is 563 Å². The van der Waals surface area contributed by atoms with Gasteiger partial charge in [0.2, 0.25) is 0 Å². The second-order valence-corrected chi connectivity index (χ2v) is 43.8. The van der Waals surface area contributed by atoms with Crippen molar-refractivity contribution in [3.05, 3.63) is 338 Å².